The Morgan fingerprint density at radius 2 is 1.27 bits per heavy atom. The topological polar surface area (TPSA) is 83.4 Å². The van der Waals surface area contributed by atoms with E-state index in [1.807, 2.05) is 13.8 Å². The third-order valence-electron chi connectivity index (χ3n) is 2.60. The highest BCUT2D eigenvalue weighted by atomic mass is 16.6. The molecule has 0 spiro atoms. The van der Waals surface area contributed by atoms with Gasteiger partial charge < -0.3 is 18.9 Å². The van der Waals surface area contributed by atoms with E-state index in [0.29, 0.717) is 71.6 Å². The summed E-state index contributed by atoms with van der Waals surface area (Å²) in [5, 5.41) is 2.68. The van der Waals surface area contributed by atoms with Crippen molar-refractivity contribution in [2.75, 3.05) is 59.4 Å². The molecule has 0 aliphatic carbocycles. The van der Waals surface area contributed by atoms with Crippen LogP contribution in [-0.4, -0.2) is 65.2 Å². The lowest BCUT2D eigenvalue weighted by molar-refractivity contribution is -0.121. The van der Waals surface area contributed by atoms with Gasteiger partial charge in [0.25, 0.3) is 0 Å². The quantitative estimate of drug-likeness (QED) is 0.300. The summed E-state index contributed by atoms with van der Waals surface area (Å²) in [4.78, 5) is 21.2. The van der Waals surface area contributed by atoms with Crippen molar-refractivity contribution in [1.29, 1.82) is 0 Å². The maximum atomic E-state index is 11.4. The number of hydrogen-bond acceptors (Lipinski definition) is 7. The summed E-state index contributed by atoms with van der Waals surface area (Å²) in [7, 11) is 0. The van der Waals surface area contributed by atoms with Gasteiger partial charge in [0.2, 0.25) is 0 Å². The first-order valence-electron chi connectivity index (χ1n) is 7.78. The van der Waals surface area contributed by atoms with E-state index in [-0.39, 0.29) is 12.3 Å². The molecule has 0 atom stereocenters. The molecule has 0 aliphatic rings. The zero-order valence-electron chi connectivity index (χ0n) is 13.8. The van der Waals surface area contributed by atoms with E-state index < -0.39 is 0 Å². The Bertz CT molecular complexity index is 273. The number of carbonyl (C=O) groups is 1. The molecule has 0 radical (unpaired) electrons. The molecule has 0 aromatic rings. The number of nitrogens with zero attached hydrogens (tertiary/aromatic N) is 1. The molecule has 0 amide bonds. The fraction of sp³-hybridized carbons (Fsp3) is 0.933. The molecule has 0 saturated heterocycles. The Morgan fingerprint density at radius 1 is 0.818 bits per heavy atom. The average Bonchev–Trinajstić information content (AvgIpc) is 2.47. The molecular formula is C15H29NO6. The van der Waals surface area contributed by atoms with Gasteiger partial charge in [-0.1, -0.05) is 19.0 Å². The van der Waals surface area contributed by atoms with Gasteiger partial charge in [-0.25, -0.2) is 0 Å². The second-order valence-corrected chi connectivity index (χ2v) is 5.19. The first-order chi connectivity index (χ1) is 10.7. The first-order valence-corrected chi connectivity index (χ1v) is 7.78. The third kappa shape index (κ3) is 17.2. The van der Waals surface area contributed by atoms with E-state index in [1.54, 1.807) is 0 Å². The van der Waals surface area contributed by atoms with E-state index in [9.17, 15) is 9.70 Å². The lowest BCUT2D eigenvalue weighted by atomic mass is 10.1. The summed E-state index contributed by atoms with van der Waals surface area (Å²) in [5.41, 5.74) is 0. The maximum absolute atomic E-state index is 11.4. The molecule has 0 N–H and O–H groups in total. The minimum absolute atomic E-state index is 0.173. The highest BCUT2D eigenvalue weighted by Crippen LogP contribution is 2.02. The second-order valence-electron chi connectivity index (χ2n) is 5.19. The number of rotatable bonds is 17. The molecule has 0 aliphatic heterocycles. The van der Waals surface area contributed by atoms with Crippen molar-refractivity contribution in [3.63, 3.8) is 0 Å². The van der Waals surface area contributed by atoms with E-state index in [2.05, 4.69) is 5.18 Å². The smallest absolute Gasteiger partial charge is 0.135 e. The summed E-state index contributed by atoms with van der Waals surface area (Å²) in [6.07, 6.45) is 1.09. The molecule has 130 valence electrons. The Kier molecular flexibility index (Phi) is 15.8. The van der Waals surface area contributed by atoms with Gasteiger partial charge in [0.1, 0.15) is 12.3 Å². The fourth-order valence-corrected chi connectivity index (χ4v) is 1.61. The predicted octanol–water partition coefficient (Wildman–Crippen LogP) is 1.82. The number of hydrogen-bond donors (Lipinski definition) is 0. The molecule has 7 heteroatoms. The van der Waals surface area contributed by atoms with Crippen LogP contribution in [-0.2, 0) is 23.7 Å². The van der Waals surface area contributed by atoms with Crippen molar-refractivity contribution in [2.45, 2.75) is 26.7 Å². The van der Waals surface area contributed by atoms with Crippen molar-refractivity contribution >= 4 is 5.78 Å². The van der Waals surface area contributed by atoms with Crippen molar-refractivity contribution in [2.24, 2.45) is 11.1 Å². The van der Waals surface area contributed by atoms with E-state index in [0.717, 1.165) is 0 Å². The SMILES string of the molecule is CC(C)CC(=O)CCOCCOCCOCCOCCN=O. The molecule has 0 fully saturated rings. The zero-order valence-corrected chi connectivity index (χ0v) is 13.8. The van der Waals surface area contributed by atoms with Crippen molar-refractivity contribution in [3.05, 3.63) is 4.91 Å². The summed E-state index contributed by atoms with van der Waals surface area (Å²) >= 11 is 0. The molecule has 0 aromatic carbocycles. The van der Waals surface area contributed by atoms with Crippen LogP contribution in [0.2, 0.25) is 0 Å². The van der Waals surface area contributed by atoms with Crippen LogP contribution in [0, 0.1) is 10.8 Å². The number of ketones is 1. The molecular weight excluding hydrogens is 290 g/mol. The summed E-state index contributed by atoms with van der Waals surface area (Å²) in [6.45, 7) is 7.89. The Balaban J connectivity index is 3.08. The number of ether oxygens (including phenoxy) is 4. The molecule has 0 aromatic heterocycles. The van der Waals surface area contributed by atoms with Gasteiger partial charge in [-0.15, -0.1) is 0 Å². The van der Waals surface area contributed by atoms with Gasteiger partial charge in [0, 0.05) is 12.8 Å². The van der Waals surface area contributed by atoms with Crippen LogP contribution in [0.5, 0.6) is 0 Å². The molecule has 0 bridgehead atoms. The normalized spacial score (nSPS) is 11.0. The van der Waals surface area contributed by atoms with Crippen LogP contribution in [0.3, 0.4) is 0 Å². The summed E-state index contributed by atoms with van der Waals surface area (Å²) in [6, 6.07) is 0. The van der Waals surface area contributed by atoms with Gasteiger partial charge in [0.15, 0.2) is 0 Å². The van der Waals surface area contributed by atoms with E-state index >= 15 is 0 Å². The highest BCUT2D eigenvalue weighted by molar-refractivity contribution is 5.78. The van der Waals surface area contributed by atoms with E-state index in [1.165, 1.54) is 0 Å². The van der Waals surface area contributed by atoms with Crippen molar-refractivity contribution in [1.82, 2.24) is 0 Å². The average molecular weight is 319 g/mol. The Morgan fingerprint density at radius 3 is 1.73 bits per heavy atom. The summed E-state index contributed by atoms with van der Waals surface area (Å²) in [5.74, 6) is 0.651. The minimum atomic E-state index is 0.173. The predicted molar refractivity (Wildman–Crippen MR) is 83.0 cm³/mol. The Labute approximate surface area is 132 Å². The van der Waals surface area contributed by atoms with E-state index in [4.69, 9.17) is 18.9 Å². The fourth-order valence-electron chi connectivity index (χ4n) is 1.61. The first kappa shape index (κ1) is 21.1. The highest BCUT2D eigenvalue weighted by Gasteiger charge is 2.04. The van der Waals surface area contributed by atoms with Gasteiger partial charge in [-0.2, -0.15) is 4.91 Å². The van der Waals surface area contributed by atoms with Crippen molar-refractivity contribution in [3.8, 4) is 0 Å². The van der Waals surface area contributed by atoms with Gasteiger partial charge in [-0.05, 0) is 5.92 Å². The molecule has 0 heterocycles. The monoisotopic (exact) mass is 319 g/mol. The largest absolute Gasteiger partial charge is 0.379 e. The van der Waals surface area contributed by atoms with Gasteiger partial charge >= 0.3 is 0 Å². The number of Topliss-reactive ketones (excluding diaryl/α,β-unsaturated/α-hetero) is 1. The standard InChI is InChI=1S/C15H29NO6/c1-14(2)13-15(17)3-5-19-7-9-21-11-12-22-10-8-20-6-4-16-18/h14H,3-13H2,1-2H3. The van der Waals surface area contributed by atoms with Crippen LogP contribution in [0.1, 0.15) is 26.7 Å². The van der Waals surface area contributed by atoms with Crippen molar-refractivity contribution < 1.29 is 23.7 Å². The van der Waals surface area contributed by atoms with Gasteiger partial charge in [0.05, 0.1) is 52.9 Å². The zero-order chi connectivity index (χ0) is 16.5. The minimum Gasteiger partial charge on any atom is -0.379 e. The van der Waals surface area contributed by atoms with Crippen LogP contribution >= 0.6 is 0 Å². The van der Waals surface area contributed by atoms with Crippen LogP contribution in [0.4, 0.5) is 0 Å². The third-order valence-corrected chi connectivity index (χ3v) is 2.60. The summed E-state index contributed by atoms with van der Waals surface area (Å²) < 4.78 is 21.0. The molecule has 0 saturated carbocycles. The molecule has 0 rings (SSSR count). The molecule has 22 heavy (non-hydrogen) atoms. The lowest BCUT2D eigenvalue weighted by Crippen LogP contribution is -2.13. The number of nitroso groups, excluding NO2 is 1. The van der Waals surface area contributed by atoms with Crippen LogP contribution < -0.4 is 0 Å². The second kappa shape index (κ2) is 16.5. The molecule has 7 nitrogen and oxygen atoms in total. The number of carbonyl (C=O) groups excluding carboxylic acids is 1. The Hall–Kier alpha value is -0.890. The maximum Gasteiger partial charge on any atom is 0.135 e. The molecule has 0 unspecified atom stereocenters. The van der Waals surface area contributed by atoms with Gasteiger partial charge in [-0.3, -0.25) is 4.79 Å². The lowest BCUT2D eigenvalue weighted by Gasteiger charge is -2.07. The van der Waals surface area contributed by atoms with Crippen LogP contribution in [0.15, 0.2) is 5.18 Å². The van der Waals surface area contributed by atoms with Crippen LogP contribution in [0.25, 0.3) is 0 Å².